The van der Waals surface area contributed by atoms with Gasteiger partial charge in [0.25, 0.3) is 0 Å². The number of nitrogens with zero attached hydrogens (tertiary/aromatic N) is 2. The molecule has 1 saturated heterocycles. The molecule has 1 aromatic heterocycles. The largest absolute Gasteiger partial charge is 0.479 e. The topological polar surface area (TPSA) is 105 Å². The van der Waals surface area contributed by atoms with E-state index in [0.717, 1.165) is 0 Å². The van der Waals surface area contributed by atoms with Crippen molar-refractivity contribution in [1.82, 2.24) is 20.4 Å². The van der Waals surface area contributed by atoms with Gasteiger partial charge in [0, 0.05) is 32.5 Å². The summed E-state index contributed by atoms with van der Waals surface area (Å²) in [5.74, 6) is -1.46. The van der Waals surface area contributed by atoms with Crippen LogP contribution in [0.25, 0.3) is 0 Å². The summed E-state index contributed by atoms with van der Waals surface area (Å²) >= 11 is 0. The van der Waals surface area contributed by atoms with Gasteiger partial charge in [0.05, 0.1) is 18.3 Å². The SMILES string of the molecule is COC1CNC(C(=O)NC(C(=O)O)c2cnn(C)c2)C1. The van der Waals surface area contributed by atoms with Crippen molar-refractivity contribution in [2.75, 3.05) is 13.7 Å². The maximum atomic E-state index is 12.1. The highest BCUT2D eigenvalue weighted by Crippen LogP contribution is 2.15. The maximum Gasteiger partial charge on any atom is 0.331 e. The van der Waals surface area contributed by atoms with Gasteiger partial charge in [0.15, 0.2) is 6.04 Å². The molecular formula is C12H18N4O4. The van der Waals surface area contributed by atoms with E-state index in [1.54, 1.807) is 20.4 Å². The number of nitrogens with one attached hydrogen (secondary N) is 2. The number of carbonyl (C=O) groups excluding carboxylic acids is 1. The van der Waals surface area contributed by atoms with Gasteiger partial charge in [0.2, 0.25) is 5.91 Å². The van der Waals surface area contributed by atoms with Crippen molar-refractivity contribution in [1.29, 1.82) is 0 Å². The Balaban J connectivity index is 2.02. The Kier molecular flexibility index (Phi) is 4.35. The lowest BCUT2D eigenvalue weighted by atomic mass is 10.1. The molecule has 110 valence electrons. The van der Waals surface area contributed by atoms with E-state index in [-0.39, 0.29) is 12.0 Å². The molecule has 0 aliphatic carbocycles. The molecule has 3 atom stereocenters. The number of carboxylic acid groups (broad SMARTS) is 1. The number of carboxylic acids is 1. The zero-order chi connectivity index (χ0) is 14.7. The first-order valence-electron chi connectivity index (χ1n) is 6.29. The second-order valence-electron chi connectivity index (χ2n) is 4.78. The molecule has 1 aliphatic heterocycles. The molecule has 1 amide bonds. The number of methoxy groups -OCH3 is 1. The molecule has 0 aromatic carbocycles. The molecule has 20 heavy (non-hydrogen) atoms. The summed E-state index contributed by atoms with van der Waals surface area (Å²) in [4.78, 5) is 23.4. The van der Waals surface area contributed by atoms with Gasteiger partial charge in [-0.25, -0.2) is 4.79 Å². The molecule has 8 nitrogen and oxygen atoms in total. The molecule has 0 saturated carbocycles. The Morgan fingerprint density at radius 3 is 2.90 bits per heavy atom. The van der Waals surface area contributed by atoms with Gasteiger partial charge < -0.3 is 20.5 Å². The van der Waals surface area contributed by atoms with Crippen LogP contribution in [0.3, 0.4) is 0 Å². The zero-order valence-corrected chi connectivity index (χ0v) is 11.4. The third kappa shape index (κ3) is 3.14. The van der Waals surface area contributed by atoms with E-state index >= 15 is 0 Å². The minimum atomic E-state index is -1.12. The molecule has 1 aromatic rings. The van der Waals surface area contributed by atoms with Crippen LogP contribution in [0.4, 0.5) is 0 Å². The Bertz CT molecular complexity index is 501. The molecule has 3 unspecified atom stereocenters. The van der Waals surface area contributed by atoms with E-state index < -0.39 is 18.1 Å². The number of aryl methyl sites for hydroxylation is 1. The van der Waals surface area contributed by atoms with E-state index in [1.165, 1.54) is 10.9 Å². The Morgan fingerprint density at radius 1 is 1.65 bits per heavy atom. The summed E-state index contributed by atoms with van der Waals surface area (Å²) in [6, 6.07) is -1.53. The summed E-state index contributed by atoms with van der Waals surface area (Å²) in [5, 5.41) is 18.7. The van der Waals surface area contributed by atoms with Crippen LogP contribution in [0, 0.1) is 0 Å². The molecule has 1 fully saturated rings. The fraction of sp³-hybridized carbons (Fsp3) is 0.583. The van der Waals surface area contributed by atoms with Gasteiger partial charge in [-0.1, -0.05) is 0 Å². The quantitative estimate of drug-likeness (QED) is 0.642. The molecule has 8 heteroatoms. The van der Waals surface area contributed by atoms with Crippen molar-refractivity contribution in [2.24, 2.45) is 7.05 Å². The Morgan fingerprint density at radius 2 is 2.40 bits per heavy atom. The van der Waals surface area contributed by atoms with Crippen LogP contribution in [0.2, 0.25) is 0 Å². The highest BCUT2D eigenvalue weighted by Gasteiger charge is 2.32. The molecule has 1 aliphatic rings. The van der Waals surface area contributed by atoms with Crippen LogP contribution in [0.15, 0.2) is 12.4 Å². The van der Waals surface area contributed by atoms with Crippen molar-refractivity contribution in [3.8, 4) is 0 Å². The van der Waals surface area contributed by atoms with Gasteiger partial charge in [-0.2, -0.15) is 5.10 Å². The van der Waals surface area contributed by atoms with Crippen molar-refractivity contribution in [3.05, 3.63) is 18.0 Å². The Labute approximate surface area is 116 Å². The van der Waals surface area contributed by atoms with Crippen LogP contribution in [-0.4, -0.2) is 52.6 Å². The lowest BCUT2D eigenvalue weighted by Crippen LogP contribution is -2.44. The van der Waals surface area contributed by atoms with E-state index in [4.69, 9.17) is 4.74 Å². The number of aliphatic carboxylic acids is 1. The summed E-state index contributed by atoms with van der Waals surface area (Å²) in [6.07, 6.45) is 3.51. The third-order valence-electron chi connectivity index (χ3n) is 3.33. The van der Waals surface area contributed by atoms with Gasteiger partial charge >= 0.3 is 5.97 Å². The van der Waals surface area contributed by atoms with Crippen molar-refractivity contribution in [2.45, 2.75) is 24.6 Å². The van der Waals surface area contributed by atoms with Crippen LogP contribution < -0.4 is 10.6 Å². The second-order valence-corrected chi connectivity index (χ2v) is 4.78. The number of amides is 1. The number of ether oxygens (including phenoxy) is 1. The molecule has 3 N–H and O–H groups in total. The standard InChI is InChI=1S/C12H18N4O4/c1-16-6-7(4-14-16)10(12(18)19)15-11(17)9-3-8(20-2)5-13-9/h4,6,8-10,13H,3,5H2,1-2H3,(H,15,17)(H,18,19). The fourth-order valence-corrected chi connectivity index (χ4v) is 2.20. The Hall–Kier alpha value is -1.93. The van der Waals surface area contributed by atoms with Gasteiger partial charge in [-0.3, -0.25) is 9.48 Å². The van der Waals surface area contributed by atoms with Gasteiger partial charge in [-0.15, -0.1) is 0 Å². The van der Waals surface area contributed by atoms with E-state index in [0.29, 0.717) is 18.5 Å². The minimum Gasteiger partial charge on any atom is -0.479 e. The lowest BCUT2D eigenvalue weighted by Gasteiger charge is -2.16. The monoisotopic (exact) mass is 282 g/mol. The average molecular weight is 282 g/mol. The smallest absolute Gasteiger partial charge is 0.331 e. The first-order valence-corrected chi connectivity index (χ1v) is 6.29. The summed E-state index contributed by atoms with van der Waals surface area (Å²) in [5.41, 5.74) is 0.439. The molecule has 0 radical (unpaired) electrons. The van der Waals surface area contributed by atoms with Crippen LogP contribution in [0.5, 0.6) is 0 Å². The minimum absolute atomic E-state index is 0.0209. The number of hydrogen-bond donors (Lipinski definition) is 3. The molecule has 2 rings (SSSR count). The third-order valence-corrected chi connectivity index (χ3v) is 3.33. The predicted octanol–water partition coefficient (Wildman–Crippen LogP) is -0.961. The van der Waals surface area contributed by atoms with E-state index in [9.17, 15) is 14.7 Å². The number of carbonyl (C=O) groups is 2. The predicted molar refractivity (Wildman–Crippen MR) is 68.9 cm³/mol. The van der Waals surface area contributed by atoms with E-state index in [2.05, 4.69) is 15.7 Å². The van der Waals surface area contributed by atoms with Crippen molar-refractivity contribution < 1.29 is 19.4 Å². The van der Waals surface area contributed by atoms with Crippen molar-refractivity contribution >= 4 is 11.9 Å². The van der Waals surface area contributed by atoms with Crippen molar-refractivity contribution in [3.63, 3.8) is 0 Å². The highest BCUT2D eigenvalue weighted by molar-refractivity contribution is 5.87. The summed E-state index contributed by atoms with van der Waals surface area (Å²) < 4.78 is 6.65. The van der Waals surface area contributed by atoms with Crippen LogP contribution in [-0.2, 0) is 21.4 Å². The number of aromatic nitrogens is 2. The van der Waals surface area contributed by atoms with E-state index in [1.807, 2.05) is 0 Å². The zero-order valence-electron chi connectivity index (χ0n) is 11.4. The fourth-order valence-electron chi connectivity index (χ4n) is 2.20. The molecule has 0 bridgehead atoms. The second kappa shape index (κ2) is 6.02. The summed E-state index contributed by atoms with van der Waals surface area (Å²) in [6.45, 7) is 0.583. The first-order chi connectivity index (χ1) is 9.51. The normalized spacial score (nSPS) is 23.5. The molecule has 0 spiro atoms. The van der Waals surface area contributed by atoms with Crippen LogP contribution >= 0.6 is 0 Å². The average Bonchev–Trinajstić information content (AvgIpc) is 3.03. The molecular weight excluding hydrogens is 264 g/mol. The van der Waals surface area contributed by atoms with Gasteiger partial charge in [-0.05, 0) is 6.42 Å². The number of rotatable bonds is 5. The first kappa shape index (κ1) is 14.5. The maximum absolute atomic E-state index is 12.1. The van der Waals surface area contributed by atoms with Gasteiger partial charge in [0.1, 0.15) is 0 Å². The number of hydrogen-bond acceptors (Lipinski definition) is 5. The lowest BCUT2D eigenvalue weighted by molar-refractivity contribution is -0.142. The highest BCUT2D eigenvalue weighted by atomic mass is 16.5. The summed E-state index contributed by atoms with van der Waals surface area (Å²) in [7, 11) is 3.27. The molecule has 2 heterocycles. The van der Waals surface area contributed by atoms with Crippen LogP contribution in [0.1, 0.15) is 18.0 Å².